The van der Waals surface area contributed by atoms with Crippen molar-refractivity contribution < 1.29 is 4.79 Å². The van der Waals surface area contributed by atoms with Crippen molar-refractivity contribution in [2.75, 3.05) is 32.7 Å². The number of hydrogen-bond donors (Lipinski definition) is 1. The minimum atomic E-state index is 0.145. The van der Waals surface area contributed by atoms with E-state index in [1.165, 1.54) is 31.2 Å². The van der Waals surface area contributed by atoms with Crippen LogP contribution in [-0.2, 0) is 0 Å². The van der Waals surface area contributed by atoms with Gasteiger partial charge in [-0.2, -0.15) is 0 Å². The van der Waals surface area contributed by atoms with Crippen molar-refractivity contribution in [3.63, 3.8) is 0 Å². The fourth-order valence-electron chi connectivity index (χ4n) is 3.73. The summed E-state index contributed by atoms with van der Waals surface area (Å²) < 4.78 is 0. The molecule has 0 atom stereocenters. The Morgan fingerprint density at radius 2 is 1.68 bits per heavy atom. The minimum absolute atomic E-state index is 0.145. The van der Waals surface area contributed by atoms with Crippen LogP contribution in [0.4, 0.5) is 4.79 Å². The van der Waals surface area contributed by atoms with E-state index in [9.17, 15) is 4.79 Å². The highest BCUT2D eigenvalue weighted by atomic mass is 16.2. The van der Waals surface area contributed by atoms with Crippen LogP contribution in [0.2, 0.25) is 0 Å². The highest BCUT2D eigenvalue weighted by Gasteiger charge is 2.22. The molecule has 25 heavy (non-hydrogen) atoms. The summed E-state index contributed by atoms with van der Waals surface area (Å²) in [6, 6.07) is 10.9. The predicted molar refractivity (Wildman–Crippen MR) is 104 cm³/mol. The highest BCUT2D eigenvalue weighted by Crippen LogP contribution is 2.17. The molecule has 1 aliphatic carbocycles. The molecule has 0 bridgehead atoms. The van der Waals surface area contributed by atoms with Gasteiger partial charge in [-0.05, 0) is 18.4 Å². The second-order valence-corrected chi connectivity index (χ2v) is 7.24. The Morgan fingerprint density at radius 3 is 2.36 bits per heavy atom. The molecule has 4 nitrogen and oxygen atoms in total. The van der Waals surface area contributed by atoms with Crippen LogP contribution in [-0.4, -0.2) is 54.6 Å². The number of benzene rings is 1. The smallest absolute Gasteiger partial charge is 0.317 e. The van der Waals surface area contributed by atoms with Crippen LogP contribution in [0.3, 0.4) is 0 Å². The number of carbonyl (C=O) groups excluding carboxylic acids is 1. The van der Waals surface area contributed by atoms with Gasteiger partial charge in [-0.1, -0.05) is 68.2 Å². The van der Waals surface area contributed by atoms with Crippen LogP contribution >= 0.6 is 0 Å². The maximum Gasteiger partial charge on any atom is 0.317 e. The largest absolute Gasteiger partial charge is 0.335 e. The molecular weight excluding hydrogens is 310 g/mol. The first-order valence-electron chi connectivity index (χ1n) is 9.80. The molecule has 1 aromatic carbocycles. The number of rotatable bonds is 4. The van der Waals surface area contributed by atoms with Crippen molar-refractivity contribution in [3.8, 4) is 0 Å². The fraction of sp³-hybridized carbons (Fsp3) is 0.571. The van der Waals surface area contributed by atoms with Gasteiger partial charge < -0.3 is 10.2 Å². The van der Waals surface area contributed by atoms with Crippen molar-refractivity contribution in [1.29, 1.82) is 0 Å². The number of nitrogens with one attached hydrogen (secondary N) is 1. The number of urea groups is 1. The van der Waals surface area contributed by atoms with Gasteiger partial charge in [-0.15, -0.1) is 0 Å². The normalized spacial score (nSPS) is 20.6. The summed E-state index contributed by atoms with van der Waals surface area (Å²) in [4.78, 5) is 16.9. The highest BCUT2D eigenvalue weighted by molar-refractivity contribution is 5.74. The van der Waals surface area contributed by atoms with Crippen molar-refractivity contribution in [2.45, 2.75) is 44.6 Å². The third-order valence-electron chi connectivity index (χ3n) is 5.32. The maximum atomic E-state index is 12.5. The topological polar surface area (TPSA) is 35.6 Å². The molecule has 0 spiro atoms. The number of piperazine rings is 1. The van der Waals surface area contributed by atoms with E-state index in [4.69, 9.17) is 0 Å². The molecule has 0 radical (unpaired) electrons. The quantitative estimate of drug-likeness (QED) is 0.847. The van der Waals surface area contributed by atoms with E-state index in [1.807, 2.05) is 11.0 Å². The van der Waals surface area contributed by atoms with Crippen LogP contribution in [0.15, 0.2) is 36.4 Å². The van der Waals surface area contributed by atoms with E-state index in [1.54, 1.807) is 0 Å². The number of carbonyl (C=O) groups is 1. The van der Waals surface area contributed by atoms with E-state index in [0.717, 1.165) is 45.6 Å². The molecule has 1 aliphatic heterocycles. The first kappa shape index (κ1) is 18.0. The van der Waals surface area contributed by atoms with Crippen molar-refractivity contribution in [3.05, 3.63) is 42.0 Å². The molecule has 1 saturated carbocycles. The molecule has 136 valence electrons. The van der Waals surface area contributed by atoms with Crippen LogP contribution in [0, 0.1) is 0 Å². The molecule has 1 aromatic rings. The number of amides is 2. The van der Waals surface area contributed by atoms with Crippen LogP contribution in [0.1, 0.15) is 44.1 Å². The summed E-state index contributed by atoms with van der Waals surface area (Å²) in [6.45, 7) is 4.52. The van der Waals surface area contributed by atoms with Crippen LogP contribution in [0.25, 0.3) is 6.08 Å². The Morgan fingerprint density at radius 1 is 1.00 bits per heavy atom. The molecule has 4 heteroatoms. The number of nitrogens with zero attached hydrogens (tertiary/aromatic N) is 2. The van der Waals surface area contributed by atoms with E-state index in [-0.39, 0.29) is 6.03 Å². The van der Waals surface area contributed by atoms with Gasteiger partial charge in [0.1, 0.15) is 0 Å². The van der Waals surface area contributed by atoms with Crippen LogP contribution < -0.4 is 5.32 Å². The first-order valence-corrected chi connectivity index (χ1v) is 9.80. The Kier molecular flexibility index (Phi) is 6.92. The zero-order valence-corrected chi connectivity index (χ0v) is 15.2. The van der Waals surface area contributed by atoms with Crippen molar-refractivity contribution in [1.82, 2.24) is 15.1 Å². The van der Waals surface area contributed by atoms with Gasteiger partial charge in [0.2, 0.25) is 0 Å². The Labute approximate surface area is 151 Å². The molecule has 1 heterocycles. The summed E-state index contributed by atoms with van der Waals surface area (Å²) in [5.74, 6) is 0. The van der Waals surface area contributed by atoms with E-state index in [0.29, 0.717) is 6.04 Å². The zero-order chi connectivity index (χ0) is 17.3. The second-order valence-electron chi connectivity index (χ2n) is 7.24. The van der Waals surface area contributed by atoms with Crippen molar-refractivity contribution >= 4 is 12.1 Å². The van der Waals surface area contributed by atoms with Gasteiger partial charge in [0.25, 0.3) is 0 Å². The molecule has 0 aromatic heterocycles. The van der Waals surface area contributed by atoms with Gasteiger partial charge >= 0.3 is 6.03 Å². The lowest BCUT2D eigenvalue weighted by molar-refractivity contribution is 0.143. The summed E-state index contributed by atoms with van der Waals surface area (Å²) in [7, 11) is 0. The molecule has 2 fully saturated rings. The predicted octanol–water partition coefficient (Wildman–Crippen LogP) is 3.75. The Balaban J connectivity index is 1.37. The standard InChI is InChI=1S/C21H31N3O/c25-21(22-20-12-6-1-2-7-13-20)24-17-15-23(16-18-24)14-8-11-19-9-4-3-5-10-19/h3-5,8-11,20H,1-2,6-7,12-18H2,(H,22,25)/b11-8+. The van der Waals surface area contributed by atoms with Gasteiger partial charge in [-0.3, -0.25) is 4.90 Å². The zero-order valence-electron chi connectivity index (χ0n) is 15.2. The number of hydrogen-bond acceptors (Lipinski definition) is 2. The Hall–Kier alpha value is -1.81. The lowest BCUT2D eigenvalue weighted by Crippen LogP contribution is -2.53. The summed E-state index contributed by atoms with van der Waals surface area (Å²) >= 11 is 0. The minimum Gasteiger partial charge on any atom is -0.335 e. The molecular formula is C21H31N3O. The second kappa shape index (κ2) is 9.62. The van der Waals surface area contributed by atoms with Crippen LogP contribution in [0.5, 0.6) is 0 Å². The van der Waals surface area contributed by atoms with E-state index < -0.39 is 0 Å². The first-order chi connectivity index (χ1) is 12.3. The lowest BCUT2D eigenvalue weighted by atomic mass is 10.1. The lowest BCUT2D eigenvalue weighted by Gasteiger charge is -2.35. The van der Waals surface area contributed by atoms with E-state index >= 15 is 0 Å². The molecule has 1 saturated heterocycles. The van der Waals surface area contributed by atoms with Gasteiger partial charge in [0.05, 0.1) is 0 Å². The van der Waals surface area contributed by atoms with Gasteiger partial charge in [0.15, 0.2) is 0 Å². The average Bonchev–Trinajstić information content (AvgIpc) is 2.92. The molecule has 2 aliphatic rings. The molecule has 0 unspecified atom stereocenters. The summed E-state index contributed by atoms with van der Waals surface area (Å²) in [5, 5.41) is 3.26. The monoisotopic (exact) mass is 341 g/mol. The molecule has 3 rings (SSSR count). The summed E-state index contributed by atoms with van der Waals surface area (Å²) in [5.41, 5.74) is 1.24. The molecule has 1 N–H and O–H groups in total. The third-order valence-corrected chi connectivity index (χ3v) is 5.32. The fourth-order valence-corrected chi connectivity index (χ4v) is 3.73. The third kappa shape index (κ3) is 5.89. The maximum absolute atomic E-state index is 12.5. The van der Waals surface area contributed by atoms with Gasteiger partial charge in [0, 0.05) is 38.8 Å². The van der Waals surface area contributed by atoms with E-state index in [2.05, 4.69) is 46.6 Å². The Bertz CT molecular complexity index is 542. The SMILES string of the molecule is O=C(NC1CCCCCC1)N1CCN(C/C=C/c2ccccc2)CC1. The van der Waals surface area contributed by atoms with Gasteiger partial charge in [-0.25, -0.2) is 4.79 Å². The summed E-state index contributed by atoms with van der Waals surface area (Å²) in [6.07, 6.45) is 11.8. The average molecular weight is 341 g/mol. The van der Waals surface area contributed by atoms with Crippen molar-refractivity contribution in [2.24, 2.45) is 0 Å². The molecule has 2 amide bonds.